The van der Waals surface area contributed by atoms with Crippen molar-refractivity contribution in [3.63, 3.8) is 0 Å². The van der Waals surface area contributed by atoms with E-state index in [1.807, 2.05) is 6.92 Å². The van der Waals surface area contributed by atoms with Crippen LogP contribution in [0, 0.1) is 0 Å². The molecule has 0 aliphatic rings. The second kappa shape index (κ2) is 4.81. The zero-order chi connectivity index (χ0) is 13.1. The van der Waals surface area contributed by atoms with Crippen LogP contribution in [0.15, 0.2) is 11.4 Å². The van der Waals surface area contributed by atoms with Crippen LogP contribution in [0.4, 0.5) is 0 Å². The molecule has 0 saturated carbocycles. The minimum absolute atomic E-state index is 0.0581. The molecule has 4 N–H and O–H groups in total. The van der Waals surface area contributed by atoms with E-state index < -0.39 is 11.4 Å². The molecule has 0 aliphatic heterocycles. The van der Waals surface area contributed by atoms with Crippen molar-refractivity contribution in [3.8, 4) is 0 Å². The fourth-order valence-electron chi connectivity index (χ4n) is 1.21. The second-order valence-electron chi connectivity index (χ2n) is 3.90. The van der Waals surface area contributed by atoms with E-state index >= 15 is 0 Å². The highest BCUT2D eigenvalue weighted by molar-refractivity contribution is 5.98. The van der Waals surface area contributed by atoms with E-state index in [9.17, 15) is 4.79 Å². The molecule has 0 bridgehead atoms. The van der Waals surface area contributed by atoms with Crippen LogP contribution >= 0.6 is 0 Å². The molecule has 8 nitrogen and oxygen atoms in total. The Morgan fingerprint density at radius 1 is 1.76 bits per heavy atom. The predicted octanol–water partition coefficient (Wildman–Crippen LogP) is -0.540. The number of amides is 1. The van der Waals surface area contributed by atoms with Crippen molar-refractivity contribution in [2.45, 2.75) is 25.8 Å². The smallest absolute Gasteiger partial charge is 0.274 e. The molecular formula is C9H16N6O2. The Kier molecular flexibility index (Phi) is 3.66. The zero-order valence-corrected chi connectivity index (χ0v) is 10.0. The van der Waals surface area contributed by atoms with Crippen LogP contribution in [0.2, 0.25) is 0 Å². The molecule has 94 valence electrons. The highest BCUT2D eigenvalue weighted by atomic mass is 16.4. The number of nitrogens with two attached hydrogens (primary N) is 1. The van der Waals surface area contributed by atoms with Gasteiger partial charge in [-0.05, 0) is 13.3 Å². The number of amidine groups is 1. The lowest BCUT2D eigenvalue weighted by atomic mass is 9.97. The molecule has 8 heteroatoms. The first-order valence-corrected chi connectivity index (χ1v) is 5.09. The summed E-state index contributed by atoms with van der Waals surface area (Å²) >= 11 is 0. The standard InChI is InChI=1S/C9H16N6O2/c1-4-9(2,8(10)13-17)11-7(16)6-5-15(3)14-12-6/h5,17H,4H2,1-3H3,(H2,10,13)(H,11,16). The zero-order valence-electron chi connectivity index (χ0n) is 10.0. The second-order valence-corrected chi connectivity index (χ2v) is 3.90. The number of hydrogen-bond donors (Lipinski definition) is 3. The van der Waals surface area contributed by atoms with Crippen LogP contribution < -0.4 is 11.1 Å². The first-order valence-electron chi connectivity index (χ1n) is 5.09. The summed E-state index contributed by atoms with van der Waals surface area (Å²) in [7, 11) is 1.66. The lowest BCUT2D eigenvalue weighted by Gasteiger charge is -2.27. The maximum atomic E-state index is 11.8. The number of rotatable bonds is 4. The van der Waals surface area contributed by atoms with Gasteiger partial charge in [-0.2, -0.15) is 0 Å². The average Bonchev–Trinajstić information content (AvgIpc) is 2.74. The van der Waals surface area contributed by atoms with E-state index in [1.54, 1.807) is 14.0 Å². The first kappa shape index (κ1) is 12.9. The molecule has 1 unspecified atom stereocenters. The summed E-state index contributed by atoms with van der Waals surface area (Å²) in [5.41, 5.74) is 4.80. The summed E-state index contributed by atoms with van der Waals surface area (Å²) in [6.07, 6.45) is 1.96. The Morgan fingerprint density at radius 3 is 2.82 bits per heavy atom. The van der Waals surface area contributed by atoms with E-state index in [0.29, 0.717) is 6.42 Å². The van der Waals surface area contributed by atoms with Gasteiger partial charge in [0.1, 0.15) is 0 Å². The van der Waals surface area contributed by atoms with Gasteiger partial charge in [0, 0.05) is 7.05 Å². The van der Waals surface area contributed by atoms with E-state index in [4.69, 9.17) is 10.9 Å². The van der Waals surface area contributed by atoms with Gasteiger partial charge in [0.25, 0.3) is 5.91 Å². The molecule has 0 radical (unpaired) electrons. The molecule has 1 aromatic heterocycles. The van der Waals surface area contributed by atoms with Gasteiger partial charge in [0.05, 0.1) is 11.7 Å². The maximum Gasteiger partial charge on any atom is 0.274 e. The van der Waals surface area contributed by atoms with E-state index in [-0.39, 0.29) is 11.5 Å². The molecule has 0 saturated heterocycles. The molecule has 17 heavy (non-hydrogen) atoms. The number of carbonyl (C=O) groups is 1. The van der Waals surface area contributed by atoms with Crippen LogP contribution in [0.5, 0.6) is 0 Å². The summed E-state index contributed by atoms with van der Waals surface area (Å²) < 4.78 is 1.42. The highest BCUT2D eigenvalue weighted by Crippen LogP contribution is 2.10. The SMILES string of the molecule is CCC(C)(NC(=O)c1cn(C)nn1)C(N)=NO. The van der Waals surface area contributed by atoms with Crippen molar-refractivity contribution in [1.82, 2.24) is 20.3 Å². The van der Waals surface area contributed by atoms with Crippen molar-refractivity contribution in [2.75, 3.05) is 0 Å². The Bertz CT molecular complexity index is 440. The van der Waals surface area contributed by atoms with Crippen molar-refractivity contribution < 1.29 is 10.0 Å². The van der Waals surface area contributed by atoms with E-state index in [0.717, 1.165) is 0 Å². The molecular weight excluding hydrogens is 224 g/mol. The molecule has 0 aliphatic carbocycles. The maximum absolute atomic E-state index is 11.8. The Balaban J connectivity index is 2.86. The van der Waals surface area contributed by atoms with E-state index in [2.05, 4.69) is 20.8 Å². The number of nitrogens with zero attached hydrogens (tertiary/aromatic N) is 4. The van der Waals surface area contributed by atoms with E-state index in [1.165, 1.54) is 10.9 Å². The molecule has 0 spiro atoms. The lowest BCUT2D eigenvalue weighted by molar-refractivity contribution is 0.0919. The minimum Gasteiger partial charge on any atom is -0.409 e. The molecule has 1 heterocycles. The Labute approximate surface area is 98.5 Å². The van der Waals surface area contributed by atoms with Crippen molar-refractivity contribution >= 4 is 11.7 Å². The molecule has 1 amide bonds. The average molecular weight is 240 g/mol. The van der Waals surface area contributed by atoms with Crippen LogP contribution in [-0.2, 0) is 7.05 Å². The third-order valence-electron chi connectivity index (χ3n) is 2.60. The fourth-order valence-corrected chi connectivity index (χ4v) is 1.21. The van der Waals surface area contributed by atoms with Gasteiger partial charge in [0.2, 0.25) is 0 Å². The summed E-state index contributed by atoms with van der Waals surface area (Å²) in [6.45, 7) is 3.48. The third kappa shape index (κ3) is 2.71. The number of oxime groups is 1. The topological polar surface area (TPSA) is 118 Å². The fraction of sp³-hybridized carbons (Fsp3) is 0.556. The number of aryl methyl sites for hydroxylation is 1. The van der Waals surface area contributed by atoms with Gasteiger partial charge in [-0.15, -0.1) is 5.10 Å². The van der Waals surface area contributed by atoms with Crippen molar-refractivity contribution in [1.29, 1.82) is 0 Å². The monoisotopic (exact) mass is 240 g/mol. The number of aromatic nitrogens is 3. The van der Waals surface area contributed by atoms with Gasteiger partial charge in [-0.1, -0.05) is 17.3 Å². The summed E-state index contributed by atoms with van der Waals surface area (Å²) in [5.74, 6) is -0.480. The number of carbonyl (C=O) groups excluding carboxylic acids is 1. The van der Waals surface area contributed by atoms with Crippen molar-refractivity contribution in [2.24, 2.45) is 17.9 Å². The number of hydrogen-bond acceptors (Lipinski definition) is 5. The van der Waals surface area contributed by atoms with Gasteiger partial charge in [-0.25, -0.2) is 0 Å². The van der Waals surface area contributed by atoms with Crippen LogP contribution in [0.25, 0.3) is 0 Å². The summed E-state index contributed by atoms with van der Waals surface area (Å²) in [5, 5.41) is 21.6. The highest BCUT2D eigenvalue weighted by Gasteiger charge is 2.30. The molecule has 0 fully saturated rings. The molecule has 1 atom stereocenters. The Hall–Kier alpha value is -2.12. The summed E-state index contributed by atoms with van der Waals surface area (Å²) in [4.78, 5) is 11.8. The minimum atomic E-state index is -0.913. The van der Waals surface area contributed by atoms with Crippen LogP contribution in [0.3, 0.4) is 0 Å². The van der Waals surface area contributed by atoms with Gasteiger partial charge >= 0.3 is 0 Å². The van der Waals surface area contributed by atoms with Gasteiger partial charge in [-0.3, -0.25) is 9.48 Å². The largest absolute Gasteiger partial charge is 0.409 e. The molecule has 0 aromatic carbocycles. The normalized spacial score (nSPS) is 15.4. The van der Waals surface area contributed by atoms with Gasteiger partial charge < -0.3 is 16.3 Å². The predicted molar refractivity (Wildman–Crippen MR) is 60.6 cm³/mol. The Morgan fingerprint density at radius 2 is 2.41 bits per heavy atom. The van der Waals surface area contributed by atoms with Crippen LogP contribution in [-0.4, -0.2) is 37.5 Å². The summed E-state index contributed by atoms with van der Waals surface area (Å²) in [6, 6.07) is 0. The van der Waals surface area contributed by atoms with Gasteiger partial charge in [0.15, 0.2) is 11.5 Å². The van der Waals surface area contributed by atoms with Crippen molar-refractivity contribution in [3.05, 3.63) is 11.9 Å². The molecule has 1 rings (SSSR count). The third-order valence-corrected chi connectivity index (χ3v) is 2.60. The molecule has 1 aromatic rings. The first-order chi connectivity index (χ1) is 7.92. The van der Waals surface area contributed by atoms with Crippen LogP contribution in [0.1, 0.15) is 30.8 Å². The lowest BCUT2D eigenvalue weighted by Crippen LogP contribution is -2.55. The number of nitrogens with one attached hydrogen (secondary N) is 1. The quantitative estimate of drug-likeness (QED) is 0.283.